The molecule has 8 heteroatoms. The van der Waals surface area contributed by atoms with Crippen LogP contribution in [0.1, 0.15) is 18.2 Å². The topological polar surface area (TPSA) is 86.4 Å². The van der Waals surface area contributed by atoms with Crippen LogP contribution in [0.15, 0.2) is 46.1 Å². The van der Waals surface area contributed by atoms with E-state index in [1.54, 1.807) is 6.26 Å². The number of aliphatic imine (C=N–C) groups is 1. The van der Waals surface area contributed by atoms with Gasteiger partial charge >= 0.3 is 0 Å². The van der Waals surface area contributed by atoms with Crippen molar-refractivity contribution in [2.75, 3.05) is 45.9 Å². The van der Waals surface area contributed by atoms with Gasteiger partial charge in [-0.25, -0.2) is 0 Å². The van der Waals surface area contributed by atoms with Crippen LogP contribution >= 0.6 is 0 Å². The highest BCUT2D eigenvalue weighted by Gasteiger charge is 2.20. The normalized spacial score (nSPS) is 16.7. The van der Waals surface area contributed by atoms with Crippen LogP contribution < -0.4 is 10.1 Å². The SMILES string of the molecule is CCNC(=NCC(O)COc1cccc(C)c1)N1CCN(Cc2ccon2)CC1. The van der Waals surface area contributed by atoms with Gasteiger partial charge in [0.2, 0.25) is 0 Å². The molecule has 1 aromatic carbocycles. The first-order valence-corrected chi connectivity index (χ1v) is 10.2. The number of aryl methyl sites for hydroxylation is 1. The molecule has 1 aromatic heterocycles. The summed E-state index contributed by atoms with van der Waals surface area (Å²) >= 11 is 0. The fraction of sp³-hybridized carbons (Fsp3) is 0.524. The van der Waals surface area contributed by atoms with Crippen LogP contribution in [-0.4, -0.2) is 78.0 Å². The highest BCUT2D eigenvalue weighted by Crippen LogP contribution is 2.12. The van der Waals surface area contributed by atoms with Crippen molar-refractivity contribution in [1.82, 2.24) is 20.3 Å². The number of aromatic nitrogens is 1. The van der Waals surface area contributed by atoms with Gasteiger partial charge in [0, 0.05) is 45.3 Å². The first-order chi connectivity index (χ1) is 14.1. The van der Waals surface area contributed by atoms with E-state index in [0.29, 0.717) is 6.54 Å². The maximum atomic E-state index is 10.3. The first kappa shape index (κ1) is 21.1. The maximum absolute atomic E-state index is 10.3. The number of guanidine groups is 1. The molecule has 1 atom stereocenters. The third-order valence-corrected chi connectivity index (χ3v) is 4.77. The summed E-state index contributed by atoms with van der Waals surface area (Å²) in [5.41, 5.74) is 2.09. The van der Waals surface area contributed by atoms with Crippen molar-refractivity contribution in [1.29, 1.82) is 0 Å². The van der Waals surface area contributed by atoms with E-state index in [1.807, 2.05) is 44.2 Å². The van der Waals surface area contributed by atoms with Gasteiger partial charge in [-0.15, -0.1) is 0 Å². The van der Waals surface area contributed by atoms with Gasteiger partial charge in [0.05, 0.1) is 12.2 Å². The van der Waals surface area contributed by atoms with Gasteiger partial charge in [0.15, 0.2) is 5.96 Å². The van der Waals surface area contributed by atoms with Crippen LogP contribution in [0.5, 0.6) is 5.75 Å². The molecule has 2 N–H and O–H groups in total. The van der Waals surface area contributed by atoms with Crippen LogP contribution in [0.25, 0.3) is 0 Å². The van der Waals surface area contributed by atoms with Gasteiger partial charge in [-0.1, -0.05) is 17.3 Å². The maximum Gasteiger partial charge on any atom is 0.194 e. The molecule has 1 unspecified atom stereocenters. The number of hydrogen-bond acceptors (Lipinski definition) is 6. The Hall–Kier alpha value is -2.58. The van der Waals surface area contributed by atoms with E-state index in [-0.39, 0.29) is 6.61 Å². The molecule has 1 fully saturated rings. The Bertz CT molecular complexity index is 757. The molecular formula is C21H31N5O3. The zero-order valence-corrected chi connectivity index (χ0v) is 17.3. The summed E-state index contributed by atoms with van der Waals surface area (Å²) in [4.78, 5) is 9.21. The number of piperazine rings is 1. The van der Waals surface area contributed by atoms with Gasteiger partial charge in [-0.3, -0.25) is 9.89 Å². The molecule has 0 bridgehead atoms. The quantitative estimate of drug-likeness (QED) is 0.512. The van der Waals surface area contributed by atoms with Gasteiger partial charge in [-0.2, -0.15) is 0 Å². The van der Waals surface area contributed by atoms with Crippen molar-refractivity contribution < 1.29 is 14.4 Å². The molecule has 1 aliphatic heterocycles. The van der Waals surface area contributed by atoms with Crippen LogP contribution in [-0.2, 0) is 6.54 Å². The fourth-order valence-electron chi connectivity index (χ4n) is 3.23. The summed E-state index contributed by atoms with van der Waals surface area (Å²) < 4.78 is 10.6. The van der Waals surface area contributed by atoms with E-state index >= 15 is 0 Å². The Kier molecular flexibility index (Phi) is 7.89. The second-order valence-electron chi connectivity index (χ2n) is 7.23. The number of aliphatic hydroxyl groups is 1. The number of nitrogens with zero attached hydrogens (tertiary/aromatic N) is 4. The van der Waals surface area contributed by atoms with E-state index in [0.717, 1.165) is 62.2 Å². The number of hydrogen-bond donors (Lipinski definition) is 2. The molecular weight excluding hydrogens is 370 g/mol. The number of nitrogens with one attached hydrogen (secondary N) is 1. The predicted molar refractivity (Wildman–Crippen MR) is 112 cm³/mol. The van der Waals surface area contributed by atoms with Gasteiger partial charge in [0.1, 0.15) is 24.7 Å². The molecule has 2 aromatic rings. The molecule has 0 spiro atoms. The van der Waals surface area contributed by atoms with Crippen molar-refractivity contribution in [3.63, 3.8) is 0 Å². The number of ether oxygens (including phenoxy) is 1. The molecule has 0 radical (unpaired) electrons. The van der Waals surface area contributed by atoms with Crippen LogP contribution in [0.3, 0.4) is 0 Å². The largest absolute Gasteiger partial charge is 0.491 e. The molecule has 29 heavy (non-hydrogen) atoms. The summed E-state index contributed by atoms with van der Waals surface area (Å²) in [5, 5.41) is 17.6. The van der Waals surface area contributed by atoms with Gasteiger partial charge < -0.3 is 24.6 Å². The van der Waals surface area contributed by atoms with Gasteiger partial charge in [-0.05, 0) is 31.5 Å². The monoisotopic (exact) mass is 401 g/mol. The highest BCUT2D eigenvalue weighted by molar-refractivity contribution is 5.80. The number of benzene rings is 1. The summed E-state index contributed by atoms with van der Waals surface area (Å²) in [6.45, 7) is 9.77. The second-order valence-corrected chi connectivity index (χ2v) is 7.23. The van der Waals surface area contributed by atoms with Crippen molar-refractivity contribution >= 4 is 5.96 Å². The van der Waals surface area contributed by atoms with Crippen molar-refractivity contribution in [2.45, 2.75) is 26.5 Å². The minimum absolute atomic E-state index is 0.220. The smallest absolute Gasteiger partial charge is 0.194 e. The Morgan fingerprint density at radius 3 is 2.83 bits per heavy atom. The standard InChI is InChI=1S/C21H31N5O3/c1-3-22-21(23-14-19(27)16-28-20-6-4-5-17(2)13-20)26-10-8-25(9-11-26)15-18-7-12-29-24-18/h4-7,12-13,19,27H,3,8-11,14-16H2,1-2H3,(H,22,23). The molecule has 1 saturated heterocycles. The van der Waals surface area contributed by atoms with E-state index in [1.165, 1.54) is 0 Å². The van der Waals surface area contributed by atoms with Crippen LogP contribution in [0, 0.1) is 6.92 Å². The van der Waals surface area contributed by atoms with E-state index in [4.69, 9.17) is 9.26 Å². The van der Waals surface area contributed by atoms with Gasteiger partial charge in [0.25, 0.3) is 0 Å². The molecule has 0 amide bonds. The Balaban J connectivity index is 1.46. The zero-order chi connectivity index (χ0) is 20.5. The average molecular weight is 402 g/mol. The van der Waals surface area contributed by atoms with Crippen molar-refractivity contribution in [2.24, 2.45) is 4.99 Å². The predicted octanol–water partition coefficient (Wildman–Crippen LogP) is 1.51. The minimum atomic E-state index is -0.655. The van der Waals surface area contributed by atoms with E-state index in [2.05, 4.69) is 25.3 Å². The van der Waals surface area contributed by atoms with Crippen LogP contribution in [0.2, 0.25) is 0 Å². The molecule has 3 rings (SSSR count). The van der Waals surface area contributed by atoms with Crippen LogP contribution in [0.4, 0.5) is 0 Å². The Labute approximate surface area is 172 Å². The van der Waals surface area contributed by atoms with Crippen molar-refractivity contribution in [3.8, 4) is 5.75 Å². The van der Waals surface area contributed by atoms with E-state index < -0.39 is 6.10 Å². The molecule has 2 heterocycles. The molecule has 1 aliphatic rings. The summed E-state index contributed by atoms with van der Waals surface area (Å²) in [6.07, 6.45) is 0.952. The molecule has 0 aliphatic carbocycles. The summed E-state index contributed by atoms with van der Waals surface area (Å²) in [6, 6.07) is 9.71. The lowest BCUT2D eigenvalue weighted by atomic mass is 10.2. The Morgan fingerprint density at radius 1 is 1.31 bits per heavy atom. The molecule has 0 saturated carbocycles. The molecule has 158 valence electrons. The summed E-state index contributed by atoms with van der Waals surface area (Å²) in [7, 11) is 0. The lowest BCUT2D eigenvalue weighted by molar-refractivity contribution is 0.113. The third-order valence-electron chi connectivity index (χ3n) is 4.77. The highest BCUT2D eigenvalue weighted by atomic mass is 16.5. The number of rotatable bonds is 8. The molecule has 8 nitrogen and oxygen atoms in total. The lowest BCUT2D eigenvalue weighted by Crippen LogP contribution is -2.52. The number of aliphatic hydroxyl groups excluding tert-OH is 1. The fourth-order valence-corrected chi connectivity index (χ4v) is 3.23. The average Bonchev–Trinajstić information content (AvgIpc) is 3.23. The minimum Gasteiger partial charge on any atom is -0.491 e. The first-order valence-electron chi connectivity index (χ1n) is 10.2. The summed E-state index contributed by atoms with van der Waals surface area (Å²) in [5.74, 6) is 1.60. The zero-order valence-electron chi connectivity index (χ0n) is 17.3. The van der Waals surface area contributed by atoms with Crippen molar-refractivity contribution in [3.05, 3.63) is 47.9 Å². The lowest BCUT2D eigenvalue weighted by Gasteiger charge is -2.36. The Morgan fingerprint density at radius 2 is 2.14 bits per heavy atom. The second kappa shape index (κ2) is 10.8. The van der Waals surface area contributed by atoms with E-state index in [9.17, 15) is 5.11 Å². The third kappa shape index (κ3) is 6.76.